The van der Waals surface area contributed by atoms with Crippen LogP contribution in [-0.2, 0) is 4.74 Å². The molecule has 0 heterocycles. The topological polar surface area (TPSA) is 61.5 Å². The predicted molar refractivity (Wildman–Crippen MR) is 61.1 cm³/mol. The van der Waals surface area contributed by atoms with E-state index < -0.39 is 5.97 Å². The highest BCUT2D eigenvalue weighted by atomic mass is 79.9. The summed E-state index contributed by atoms with van der Waals surface area (Å²) < 4.78 is 10.6. The first-order valence-electron chi connectivity index (χ1n) is 4.40. The molecule has 0 aromatic heterocycles. The quantitative estimate of drug-likeness (QED) is 0.678. The summed E-state index contributed by atoms with van der Waals surface area (Å²) >= 11 is 3.27. The fraction of sp³-hybridized carbons (Fsp3) is 0.300. The lowest BCUT2D eigenvalue weighted by atomic mass is 10.1. The van der Waals surface area contributed by atoms with Crippen molar-refractivity contribution in [2.24, 2.45) is 0 Å². The Hall–Kier alpha value is -1.23. The third-order valence-corrected chi connectivity index (χ3v) is 2.27. The van der Waals surface area contributed by atoms with E-state index in [4.69, 9.17) is 10.5 Å². The molecule has 15 heavy (non-hydrogen) atoms. The standard InChI is InChI=1S/C10H12BrNO3/c1-3-15-8-5-6(11)4-7(9(8)12)10(13)14-2/h4-5H,3,12H2,1-2H3. The summed E-state index contributed by atoms with van der Waals surface area (Å²) in [6.07, 6.45) is 0. The molecule has 0 unspecified atom stereocenters. The van der Waals surface area contributed by atoms with Crippen molar-refractivity contribution in [2.75, 3.05) is 19.5 Å². The lowest BCUT2D eigenvalue weighted by Crippen LogP contribution is -2.07. The molecule has 0 bridgehead atoms. The molecule has 0 aliphatic carbocycles. The smallest absolute Gasteiger partial charge is 0.340 e. The second kappa shape index (κ2) is 5.02. The minimum atomic E-state index is -0.477. The Bertz CT molecular complexity index is 379. The number of rotatable bonds is 3. The molecule has 0 atom stereocenters. The summed E-state index contributed by atoms with van der Waals surface area (Å²) in [4.78, 5) is 11.4. The molecule has 0 aliphatic heterocycles. The van der Waals surface area contributed by atoms with Crippen LogP contribution in [0.1, 0.15) is 17.3 Å². The van der Waals surface area contributed by atoms with Crippen LogP contribution in [-0.4, -0.2) is 19.7 Å². The number of nitrogen functional groups attached to an aromatic ring is 1. The van der Waals surface area contributed by atoms with E-state index in [-0.39, 0.29) is 0 Å². The van der Waals surface area contributed by atoms with Crippen molar-refractivity contribution in [3.8, 4) is 5.75 Å². The van der Waals surface area contributed by atoms with Crippen molar-refractivity contribution >= 4 is 27.6 Å². The second-order valence-corrected chi connectivity index (χ2v) is 3.71. The Kier molecular flexibility index (Phi) is 3.96. The van der Waals surface area contributed by atoms with Gasteiger partial charge in [0.05, 0.1) is 25.0 Å². The molecule has 0 radical (unpaired) electrons. The maximum atomic E-state index is 11.4. The summed E-state index contributed by atoms with van der Waals surface area (Å²) in [6.45, 7) is 2.33. The van der Waals surface area contributed by atoms with Crippen LogP contribution in [0, 0.1) is 0 Å². The van der Waals surface area contributed by atoms with Crippen LogP contribution in [0.2, 0.25) is 0 Å². The molecule has 5 heteroatoms. The Morgan fingerprint density at radius 3 is 2.73 bits per heavy atom. The first-order chi connectivity index (χ1) is 7.10. The molecule has 0 fully saturated rings. The van der Waals surface area contributed by atoms with Crippen molar-refractivity contribution in [3.05, 3.63) is 22.2 Å². The van der Waals surface area contributed by atoms with E-state index in [2.05, 4.69) is 20.7 Å². The van der Waals surface area contributed by atoms with Gasteiger partial charge in [-0.05, 0) is 19.1 Å². The summed E-state index contributed by atoms with van der Waals surface area (Å²) in [5.41, 5.74) is 6.37. The van der Waals surface area contributed by atoms with Crippen LogP contribution < -0.4 is 10.5 Å². The fourth-order valence-corrected chi connectivity index (χ4v) is 1.58. The van der Waals surface area contributed by atoms with Gasteiger partial charge in [0.2, 0.25) is 0 Å². The normalized spacial score (nSPS) is 9.80. The molecule has 4 nitrogen and oxygen atoms in total. The minimum Gasteiger partial charge on any atom is -0.492 e. The summed E-state index contributed by atoms with van der Waals surface area (Å²) in [5.74, 6) is 0.00188. The van der Waals surface area contributed by atoms with E-state index in [1.165, 1.54) is 7.11 Å². The first-order valence-corrected chi connectivity index (χ1v) is 5.19. The monoisotopic (exact) mass is 273 g/mol. The number of nitrogens with two attached hydrogens (primary N) is 1. The highest BCUT2D eigenvalue weighted by Gasteiger charge is 2.15. The van der Waals surface area contributed by atoms with E-state index in [0.29, 0.717) is 23.6 Å². The van der Waals surface area contributed by atoms with Gasteiger partial charge in [0.1, 0.15) is 5.75 Å². The molecule has 2 N–H and O–H groups in total. The SMILES string of the molecule is CCOc1cc(Br)cc(C(=O)OC)c1N. The van der Waals surface area contributed by atoms with Crippen LogP contribution in [0.15, 0.2) is 16.6 Å². The fourth-order valence-electron chi connectivity index (χ4n) is 1.15. The van der Waals surface area contributed by atoms with Crippen LogP contribution in [0.25, 0.3) is 0 Å². The van der Waals surface area contributed by atoms with Crippen LogP contribution in [0.5, 0.6) is 5.75 Å². The highest BCUT2D eigenvalue weighted by Crippen LogP contribution is 2.30. The third-order valence-electron chi connectivity index (χ3n) is 1.81. The van der Waals surface area contributed by atoms with Gasteiger partial charge in [-0.2, -0.15) is 0 Å². The van der Waals surface area contributed by atoms with E-state index in [1.54, 1.807) is 12.1 Å². The Morgan fingerprint density at radius 1 is 1.53 bits per heavy atom. The van der Waals surface area contributed by atoms with Gasteiger partial charge in [-0.3, -0.25) is 0 Å². The zero-order chi connectivity index (χ0) is 11.4. The number of carbonyl (C=O) groups excluding carboxylic acids is 1. The van der Waals surface area contributed by atoms with Gasteiger partial charge < -0.3 is 15.2 Å². The number of methoxy groups -OCH3 is 1. The van der Waals surface area contributed by atoms with E-state index >= 15 is 0 Å². The molecule has 0 amide bonds. The molecule has 0 aliphatic rings. The van der Waals surface area contributed by atoms with Crippen molar-refractivity contribution in [1.82, 2.24) is 0 Å². The zero-order valence-corrected chi connectivity index (χ0v) is 10.1. The second-order valence-electron chi connectivity index (χ2n) is 2.79. The van der Waals surface area contributed by atoms with Crippen molar-refractivity contribution in [1.29, 1.82) is 0 Å². The molecule has 1 aromatic carbocycles. The molecule has 1 rings (SSSR count). The number of carbonyl (C=O) groups is 1. The van der Waals surface area contributed by atoms with Crippen molar-refractivity contribution in [3.63, 3.8) is 0 Å². The van der Waals surface area contributed by atoms with Gasteiger partial charge in [0, 0.05) is 4.47 Å². The van der Waals surface area contributed by atoms with Crippen LogP contribution >= 0.6 is 15.9 Å². The highest BCUT2D eigenvalue weighted by molar-refractivity contribution is 9.10. The van der Waals surface area contributed by atoms with Gasteiger partial charge in [-0.1, -0.05) is 15.9 Å². The van der Waals surface area contributed by atoms with Crippen LogP contribution in [0.3, 0.4) is 0 Å². The number of benzene rings is 1. The molecule has 0 saturated heterocycles. The Labute approximate surface area is 96.5 Å². The van der Waals surface area contributed by atoms with Gasteiger partial charge >= 0.3 is 5.97 Å². The average molecular weight is 274 g/mol. The lowest BCUT2D eigenvalue weighted by Gasteiger charge is -2.10. The number of anilines is 1. The van der Waals surface area contributed by atoms with E-state index in [9.17, 15) is 4.79 Å². The molecule has 0 spiro atoms. The third kappa shape index (κ3) is 2.62. The number of hydrogen-bond donors (Lipinski definition) is 1. The van der Waals surface area contributed by atoms with E-state index in [1.807, 2.05) is 6.92 Å². The molecule has 0 saturated carbocycles. The van der Waals surface area contributed by atoms with E-state index in [0.717, 1.165) is 4.47 Å². The largest absolute Gasteiger partial charge is 0.492 e. The Balaban J connectivity index is 3.21. The summed E-state index contributed by atoms with van der Waals surface area (Å²) in [7, 11) is 1.31. The number of esters is 1. The lowest BCUT2D eigenvalue weighted by molar-refractivity contribution is 0.0601. The van der Waals surface area contributed by atoms with Crippen LogP contribution in [0.4, 0.5) is 5.69 Å². The molecule has 82 valence electrons. The first kappa shape index (κ1) is 11.8. The Morgan fingerprint density at radius 2 is 2.20 bits per heavy atom. The van der Waals surface area contributed by atoms with Gasteiger partial charge in [-0.15, -0.1) is 0 Å². The minimum absolute atomic E-state index is 0.298. The molecular formula is C10H12BrNO3. The van der Waals surface area contributed by atoms with Gasteiger partial charge in [0.15, 0.2) is 0 Å². The maximum Gasteiger partial charge on any atom is 0.340 e. The summed E-state index contributed by atoms with van der Waals surface area (Å²) in [5, 5.41) is 0. The van der Waals surface area contributed by atoms with Crippen molar-refractivity contribution in [2.45, 2.75) is 6.92 Å². The number of hydrogen-bond acceptors (Lipinski definition) is 4. The number of ether oxygens (including phenoxy) is 2. The van der Waals surface area contributed by atoms with Crippen molar-refractivity contribution < 1.29 is 14.3 Å². The maximum absolute atomic E-state index is 11.4. The zero-order valence-electron chi connectivity index (χ0n) is 8.54. The molecule has 1 aromatic rings. The predicted octanol–water partition coefficient (Wildman–Crippen LogP) is 2.22. The van der Waals surface area contributed by atoms with Gasteiger partial charge in [-0.25, -0.2) is 4.79 Å². The number of halogens is 1. The summed E-state index contributed by atoms with van der Waals surface area (Å²) in [6, 6.07) is 3.31. The average Bonchev–Trinajstić information content (AvgIpc) is 2.22. The molecular weight excluding hydrogens is 262 g/mol. The van der Waals surface area contributed by atoms with Gasteiger partial charge in [0.25, 0.3) is 0 Å².